The average molecular weight is 152 g/mol. The second-order valence-electron chi connectivity index (χ2n) is 5.08. The van der Waals surface area contributed by atoms with Gasteiger partial charge in [0.15, 0.2) is 0 Å². The van der Waals surface area contributed by atoms with Crippen molar-refractivity contribution >= 4 is 0 Å². The highest BCUT2D eigenvalue weighted by Gasteiger charge is 2.74. The monoisotopic (exact) mass is 152 g/mol. The molecule has 2 aliphatic heterocycles. The number of piperidine rings is 2. The van der Waals surface area contributed by atoms with E-state index in [9.17, 15) is 0 Å². The zero-order valence-electron chi connectivity index (χ0n) is 7.43. The predicted octanol–water partition coefficient (Wildman–Crippen LogP) is 0.254. The Morgan fingerprint density at radius 3 is 1.55 bits per heavy atom. The minimum atomic E-state index is 0.747. The first-order valence-electron chi connectivity index (χ1n) is 4.53. The summed E-state index contributed by atoms with van der Waals surface area (Å²) in [5.41, 5.74) is 1.49. The topological polar surface area (TPSA) is 6.48 Å². The van der Waals surface area contributed by atoms with Crippen molar-refractivity contribution in [1.29, 1.82) is 0 Å². The molecule has 3 rings (SSSR count). The third-order valence-corrected chi connectivity index (χ3v) is 3.97. The molecular weight excluding hydrogens is 136 g/mol. The third-order valence-electron chi connectivity index (χ3n) is 3.97. The van der Waals surface area contributed by atoms with Gasteiger partial charge in [-0.3, -0.25) is 0 Å². The molecule has 1 saturated carbocycles. The first-order valence-corrected chi connectivity index (χ1v) is 4.53. The Labute approximate surface area is 68.2 Å². The van der Waals surface area contributed by atoms with E-state index in [1.54, 1.807) is 0 Å². The highest BCUT2D eigenvalue weighted by atomic mass is 15.3. The lowest BCUT2D eigenvalue weighted by Gasteiger charge is -2.22. The van der Waals surface area contributed by atoms with Crippen molar-refractivity contribution in [2.45, 2.75) is 6.42 Å². The van der Waals surface area contributed by atoms with E-state index < -0.39 is 0 Å². The Morgan fingerprint density at radius 2 is 1.18 bits per heavy atom. The number of likely N-dealkylation sites (tertiary alicyclic amines) is 2. The smallest absolute Gasteiger partial charge is 0.00540 e. The fourth-order valence-electron chi connectivity index (χ4n) is 3.78. The quantitative estimate of drug-likeness (QED) is 0.491. The highest BCUT2D eigenvalue weighted by molar-refractivity contribution is 5.26. The van der Waals surface area contributed by atoms with Crippen LogP contribution in [0.2, 0.25) is 0 Å². The molecule has 0 amide bonds. The van der Waals surface area contributed by atoms with Crippen LogP contribution in [-0.4, -0.2) is 50.1 Å². The summed E-state index contributed by atoms with van der Waals surface area (Å²) < 4.78 is 0. The molecule has 2 heteroatoms. The van der Waals surface area contributed by atoms with Crippen molar-refractivity contribution in [3.63, 3.8) is 0 Å². The molecule has 0 aromatic rings. The summed E-state index contributed by atoms with van der Waals surface area (Å²) in [6.45, 7) is 5.43. The van der Waals surface area contributed by atoms with Gasteiger partial charge in [0.05, 0.1) is 0 Å². The van der Waals surface area contributed by atoms with Gasteiger partial charge in [-0.25, -0.2) is 0 Å². The minimum Gasteiger partial charge on any atom is -0.305 e. The molecule has 0 unspecified atom stereocenters. The van der Waals surface area contributed by atoms with Crippen LogP contribution in [-0.2, 0) is 0 Å². The summed E-state index contributed by atoms with van der Waals surface area (Å²) in [5.74, 6) is 0. The lowest BCUT2D eigenvalue weighted by Crippen LogP contribution is -2.31. The van der Waals surface area contributed by atoms with Crippen molar-refractivity contribution < 1.29 is 0 Å². The second-order valence-corrected chi connectivity index (χ2v) is 5.08. The molecule has 3 fully saturated rings. The fraction of sp³-hybridized carbons (Fsp3) is 1.00. The maximum absolute atomic E-state index is 2.51. The van der Waals surface area contributed by atoms with E-state index in [1.807, 2.05) is 0 Å². The van der Waals surface area contributed by atoms with E-state index in [4.69, 9.17) is 0 Å². The Hall–Kier alpha value is -0.0800. The summed E-state index contributed by atoms with van der Waals surface area (Å²) in [6, 6.07) is 0. The van der Waals surface area contributed by atoms with Gasteiger partial charge in [-0.15, -0.1) is 0 Å². The summed E-state index contributed by atoms with van der Waals surface area (Å²) >= 11 is 0. The van der Waals surface area contributed by atoms with Gasteiger partial charge in [-0.05, 0) is 20.5 Å². The maximum atomic E-state index is 2.51. The highest BCUT2D eigenvalue weighted by Crippen LogP contribution is 2.71. The Morgan fingerprint density at radius 1 is 0.818 bits per heavy atom. The van der Waals surface area contributed by atoms with Gasteiger partial charge in [0.1, 0.15) is 0 Å². The Balaban J connectivity index is 1.92. The van der Waals surface area contributed by atoms with Crippen LogP contribution in [0.1, 0.15) is 6.42 Å². The summed E-state index contributed by atoms with van der Waals surface area (Å²) in [6.07, 6.45) is 1.52. The van der Waals surface area contributed by atoms with Crippen LogP contribution in [0.5, 0.6) is 0 Å². The molecule has 2 nitrogen and oxygen atoms in total. The summed E-state index contributed by atoms with van der Waals surface area (Å²) in [5, 5.41) is 0. The SMILES string of the molecule is CN1CC23CN(C)CC2(C1)C3. The standard InChI is InChI=1S/C9H16N2/c1-10-4-8-3-9(8,5-10)7-11(2)6-8/h3-7H2,1-2H3. The summed E-state index contributed by atoms with van der Waals surface area (Å²) in [7, 11) is 4.53. The molecule has 0 atom stereocenters. The lowest BCUT2D eigenvalue weighted by molar-refractivity contribution is 0.235. The van der Waals surface area contributed by atoms with Crippen molar-refractivity contribution in [2.75, 3.05) is 40.3 Å². The number of rotatable bonds is 0. The second kappa shape index (κ2) is 1.50. The largest absolute Gasteiger partial charge is 0.305 e. The summed E-state index contributed by atoms with van der Waals surface area (Å²) in [4.78, 5) is 5.02. The van der Waals surface area contributed by atoms with Crippen molar-refractivity contribution in [3.05, 3.63) is 0 Å². The Kier molecular flexibility index (Phi) is 0.879. The van der Waals surface area contributed by atoms with Crippen molar-refractivity contribution in [1.82, 2.24) is 9.80 Å². The number of nitrogens with zero attached hydrogens (tertiary/aromatic N) is 2. The van der Waals surface area contributed by atoms with Gasteiger partial charge in [0.2, 0.25) is 0 Å². The molecule has 2 heterocycles. The zero-order chi connectivity index (χ0) is 7.69. The van der Waals surface area contributed by atoms with Gasteiger partial charge in [-0.2, -0.15) is 0 Å². The van der Waals surface area contributed by atoms with Gasteiger partial charge >= 0.3 is 0 Å². The normalized spacial score (nSPS) is 56.2. The molecule has 0 N–H and O–H groups in total. The average Bonchev–Trinajstić information content (AvgIpc) is 2.15. The minimum absolute atomic E-state index is 0.747. The van der Waals surface area contributed by atoms with Gasteiger partial charge in [-0.1, -0.05) is 0 Å². The van der Waals surface area contributed by atoms with Gasteiger partial charge in [0.25, 0.3) is 0 Å². The first kappa shape index (κ1) is 6.44. The third kappa shape index (κ3) is 0.574. The van der Waals surface area contributed by atoms with Crippen LogP contribution in [0.25, 0.3) is 0 Å². The van der Waals surface area contributed by atoms with Crippen LogP contribution < -0.4 is 0 Å². The molecule has 0 radical (unpaired) electrons. The van der Waals surface area contributed by atoms with Gasteiger partial charge in [0, 0.05) is 37.0 Å². The number of hydrogen-bond donors (Lipinski definition) is 0. The maximum Gasteiger partial charge on any atom is 0.00540 e. The molecule has 0 aromatic heterocycles. The van der Waals surface area contributed by atoms with E-state index in [2.05, 4.69) is 23.9 Å². The lowest BCUT2D eigenvalue weighted by atomic mass is 10.0. The number of hydrogen-bond acceptors (Lipinski definition) is 2. The molecule has 62 valence electrons. The molecular formula is C9H16N2. The molecule has 3 aliphatic rings. The van der Waals surface area contributed by atoms with E-state index in [-0.39, 0.29) is 0 Å². The molecule has 1 aliphatic carbocycles. The van der Waals surface area contributed by atoms with Crippen molar-refractivity contribution in [3.8, 4) is 0 Å². The van der Waals surface area contributed by atoms with Crippen LogP contribution in [0.3, 0.4) is 0 Å². The molecule has 0 aromatic carbocycles. The van der Waals surface area contributed by atoms with E-state index in [0.29, 0.717) is 0 Å². The Bertz CT molecular complexity index is 178. The van der Waals surface area contributed by atoms with Crippen LogP contribution in [0.15, 0.2) is 0 Å². The molecule has 0 bridgehead atoms. The molecule has 0 spiro atoms. The first-order chi connectivity index (χ1) is 5.16. The molecule has 2 saturated heterocycles. The van der Waals surface area contributed by atoms with Crippen LogP contribution >= 0.6 is 0 Å². The van der Waals surface area contributed by atoms with Gasteiger partial charge < -0.3 is 9.80 Å². The van der Waals surface area contributed by atoms with Crippen molar-refractivity contribution in [2.24, 2.45) is 10.8 Å². The van der Waals surface area contributed by atoms with Crippen LogP contribution in [0, 0.1) is 10.8 Å². The van der Waals surface area contributed by atoms with Crippen LogP contribution in [0.4, 0.5) is 0 Å². The molecule has 11 heavy (non-hydrogen) atoms. The van der Waals surface area contributed by atoms with E-state index in [0.717, 1.165) is 10.8 Å². The fourth-order valence-corrected chi connectivity index (χ4v) is 3.78. The zero-order valence-corrected chi connectivity index (χ0v) is 7.43. The van der Waals surface area contributed by atoms with E-state index in [1.165, 1.54) is 32.6 Å². The van der Waals surface area contributed by atoms with E-state index >= 15 is 0 Å². The predicted molar refractivity (Wildman–Crippen MR) is 44.5 cm³/mol.